The average molecular weight is 603 g/mol. The molecule has 0 saturated heterocycles. The number of nitrogens with zero attached hydrogens (tertiary/aromatic N) is 2. The van der Waals surface area contributed by atoms with Crippen LogP contribution in [0.25, 0.3) is 66.1 Å². The van der Waals surface area contributed by atoms with Gasteiger partial charge in [-0.05, 0) is 113 Å². The number of aryl methyl sites for hydroxylation is 4. The molecular weight excluding hydrogens is 573 g/mol. The number of benzene rings is 6. The Morgan fingerprint density at radius 2 is 0.711 bits per heavy atom. The number of aromatic nitrogens is 2. The Morgan fingerprint density at radius 1 is 0.400 bits per heavy atom. The number of hydrogen-bond donors (Lipinski definition) is 0. The van der Waals surface area contributed by atoms with Crippen molar-refractivity contribution in [2.45, 2.75) is 37.5 Å². The smallest absolute Gasteiger partial charge is 0.207 e. The van der Waals surface area contributed by atoms with Gasteiger partial charge in [-0.3, -0.25) is 0 Å². The minimum atomic E-state index is -3.65. The van der Waals surface area contributed by atoms with Crippen molar-refractivity contribution in [3.05, 3.63) is 131 Å². The third kappa shape index (κ3) is 3.62. The van der Waals surface area contributed by atoms with Crippen LogP contribution in [0.2, 0.25) is 0 Å². The Kier molecular flexibility index (Phi) is 5.24. The number of sulfone groups is 1. The van der Waals surface area contributed by atoms with Crippen LogP contribution >= 0.6 is 0 Å². The first-order chi connectivity index (χ1) is 21.7. The molecule has 0 amide bonds. The van der Waals surface area contributed by atoms with Crippen molar-refractivity contribution in [3.63, 3.8) is 0 Å². The standard InChI is InChI=1S/C40H30N2O2S/c1-23-5-11-35-29(17-23)30-18-24(2)6-12-36(30)41(35)27-9-15-39-33(21-27)34-22-28(10-16-40(34)45(39,43)44)42-37-13-7-25(3)19-31(37)32-20-26(4)8-14-38(32)42/h5-22H,1-4H3. The van der Waals surface area contributed by atoms with Gasteiger partial charge in [0.1, 0.15) is 0 Å². The highest BCUT2D eigenvalue weighted by Crippen LogP contribution is 2.46. The van der Waals surface area contributed by atoms with E-state index in [0.717, 1.165) is 44.6 Å². The first-order valence-corrected chi connectivity index (χ1v) is 16.7. The Balaban J connectivity index is 1.30. The van der Waals surface area contributed by atoms with Crippen molar-refractivity contribution in [1.29, 1.82) is 0 Å². The van der Waals surface area contributed by atoms with Crippen LogP contribution in [0.3, 0.4) is 0 Å². The molecule has 218 valence electrons. The fourth-order valence-electron chi connectivity index (χ4n) is 7.38. The molecule has 0 fully saturated rings. The van der Waals surface area contributed by atoms with Gasteiger partial charge in [-0.15, -0.1) is 0 Å². The summed E-state index contributed by atoms with van der Waals surface area (Å²) in [4.78, 5) is 0.721. The van der Waals surface area contributed by atoms with E-state index >= 15 is 0 Å². The fourth-order valence-corrected chi connectivity index (χ4v) is 9.03. The molecule has 0 spiro atoms. The molecular formula is C40H30N2O2S. The minimum absolute atomic E-state index is 0.360. The lowest BCUT2D eigenvalue weighted by atomic mass is 10.0. The predicted molar refractivity (Wildman–Crippen MR) is 185 cm³/mol. The largest absolute Gasteiger partial charge is 0.309 e. The van der Waals surface area contributed by atoms with E-state index in [1.807, 2.05) is 12.1 Å². The van der Waals surface area contributed by atoms with E-state index in [4.69, 9.17) is 0 Å². The quantitative estimate of drug-likeness (QED) is 0.198. The lowest BCUT2D eigenvalue weighted by Gasteiger charge is -2.12. The third-order valence-corrected chi connectivity index (χ3v) is 11.3. The molecule has 5 heteroatoms. The van der Waals surface area contributed by atoms with Gasteiger partial charge in [0.2, 0.25) is 9.84 Å². The summed E-state index contributed by atoms with van der Waals surface area (Å²) in [6, 6.07) is 37.7. The van der Waals surface area contributed by atoms with Gasteiger partial charge in [0.15, 0.2) is 0 Å². The summed E-state index contributed by atoms with van der Waals surface area (Å²) >= 11 is 0. The van der Waals surface area contributed by atoms with Crippen molar-refractivity contribution in [2.24, 2.45) is 0 Å². The fraction of sp³-hybridized carbons (Fsp3) is 0.100. The van der Waals surface area contributed by atoms with Crippen LogP contribution < -0.4 is 0 Å². The maximum Gasteiger partial charge on any atom is 0.207 e. The molecule has 4 nitrogen and oxygen atoms in total. The van der Waals surface area contributed by atoms with Crippen LogP contribution in [0.15, 0.2) is 119 Å². The summed E-state index contributed by atoms with van der Waals surface area (Å²) in [5.74, 6) is 0. The predicted octanol–water partition coefficient (Wildman–Crippen LogP) is 9.93. The molecule has 6 aromatic carbocycles. The third-order valence-electron chi connectivity index (χ3n) is 9.46. The van der Waals surface area contributed by atoms with E-state index in [-0.39, 0.29) is 0 Å². The molecule has 2 aromatic heterocycles. The van der Waals surface area contributed by atoms with E-state index in [2.05, 4.69) is 122 Å². The first kappa shape index (κ1) is 26.3. The summed E-state index contributed by atoms with van der Waals surface area (Å²) in [5, 5.41) is 4.78. The molecule has 9 rings (SSSR count). The van der Waals surface area contributed by atoms with Gasteiger partial charge in [-0.25, -0.2) is 8.42 Å². The maximum atomic E-state index is 13.9. The summed E-state index contributed by atoms with van der Waals surface area (Å²) in [5.41, 5.74) is 12.6. The van der Waals surface area contributed by atoms with Crippen molar-refractivity contribution in [3.8, 4) is 22.5 Å². The zero-order valence-electron chi connectivity index (χ0n) is 25.5. The van der Waals surface area contributed by atoms with Crippen molar-refractivity contribution < 1.29 is 8.42 Å². The first-order valence-electron chi connectivity index (χ1n) is 15.3. The van der Waals surface area contributed by atoms with Crippen LogP contribution in [-0.4, -0.2) is 17.6 Å². The van der Waals surface area contributed by atoms with Gasteiger partial charge < -0.3 is 9.13 Å². The minimum Gasteiger partial charge on any atom is -0.309 e. The maximum absolute atomic E-state index is 13.9. The van der Waals surface area contributed by atoms with Crippen molar-refractivity contribution in [1.82, 2.24) is 9.13 Å². The normalized spacial score (nSPS) is 13.7. The lowest BCUT2D eigenvalue weighted by molar-refractivity contribution is 0.598. The summed E-state index contributed by atoms with van der Waals surface area (Å²) < 4.78 is 32.2. The molecule has 0 bridgehead atoms. The average Bonchev–Trinajstić information content (AvgIpc) is 3.59. The van der Waals surface area contributed by atoms with Gasteiger partial charge in [0.05, 0.1) is 31.9 Å². The highest BCUT2D eigenvalue weighted by Gasteiger charge is 2.34. The Morgan fingerprint density at radius 3 is 1.02 bits per heavy atom. The number of rotatable bonds is 2. The molecule has 0 aliphatic carbocycles. The van der Waals surface area contributed by atoms with Crippen LogP contribution in [0.5, 0.6) is 0 Å². The molecule has 0 radical (unpaired) electrons. The molecule has 3 heterocycles. The topological polar surface area (TPSA) is 44.0 Å². The zero-order valence-corrected chi connectivity index (χ0v) is 26.3. The van der Waals surface area contributed by atoms with Crippen LogP contribution in [0, 0.1) is 27.7 Å². The SMILES string of the molecule is Cc1ccc2c(c1)c1cc(C)ccc1n2-c1ccc2c(c1)-c1cc(-n3c4ccc(C)cc4c4cc(C)ccc43)ccc1S2(=O)=O. The van der Waals surface area contributed by atoms with Crippen LogP contribution in [0.4, 0.5) is 0 Å². The van der Waals surface area contributed by atoms with E-state index in [0.29, 0.717) is 9.79 Å². The molecule has 0 N–H and O–H groups in total. The second-order valence-corrected chi connectivity index (χ2v) is 14.5. The van der Waals surface area contributed by atoms with E-state index < -0.39 is 9.84 Å². The van der Waals surface area contributed by atoms with Crippen molar-refractivity contribution >= 4 is 53.4 Å². The van der Waals surface area contributed by atoms with E-state index in [1.54, 1.807) is 12.1 Å². The molecule has 0 saturated carbocycles. The molecule has 1 aliphatic heterocycles. The van der Waals surface area contributed by atoms with E-state index in [9.17, 15) is 8.42 Å². The van der Waals surface area contributed by atoms with E-state index in [1.165, 1.54) is 43.8 Å². The molecule has 8 aromatic rings. The lowest BCUT2D eigenvalue weighted by Crippen LogP contribution is -1.99. The van der Waals surface area contributed by atoms with Gasteiger partial charge >= 0.3 is 0 Å². The number of fused-ring (bicyclic) bond motifs is 9. The summed E-state index contributed by atoms with van der Waals surface area (Å²) in [6.45, 7) is 8.47. The highest BCUT2D eigenvalue weighted by atomic mass is 32.2. The highest BCUT2D eigenvalue weighted by molar-refractivity contribution is 7.92. The molecule has 0 unspecified atom stereocenters. The number of hydrogen-bond acceptors (Lipinski definition) is 2. The van der Waals surface area contributed by atoms with Gasteiger partial charge in [-0.2, -0.15) is 0 Å². The Labute approximate surface area is 261 Å². The monoisotopic (exact) mass is 602 g/mol. The Hall–Kier alpha value is -5.13. The Bertz CT molecular complexity index is 2410. The summed E-state index contributed by atoms with van der Waals surface area (Å²) in [6.07, 6.45) is 0. The van der Waals surface area contributed by atoms with Gasteiger partial charge in [0, 0.05) is 44.0 Å². The van der Waals surface area contributed by atoms with Crippen LogP contribution in [-0.2, 0) is 9.84 Å². The van der Waals surface area contributed by atoms with Gasteiger partial charge in [0.25, 0.3) is 0 Å². The van der Waals surface area contributed by atoms with Gasteiger partial charge in [-0.1, -0.05) is 46.5 Å². The summed E-state index contributed by atoms with van der Waals surface area (Å²) in [7, 11) is -3.65. The molecule has 1 aliphatic rings. The van der Waals surface area contributed by atoms with Crippen molar-refractivity contribution in [2.75, 3.05) is 0 Å². The second-order valence-electron chi connectivity index (χ2n) is 12.6. The molecule has 45 heavy (non-hydrogen) atoms. The molecule has 0 atom stereocenters. The second kappa shape index (κ2) is 8.96. The van der Waals surface area contributed by atoms with Crippen LogP contribution in [0.1, 0.15) is 22.3 Å². The zero-order chi connectivity index (χ0) is 30.8.